The highest BCUT2D eigenvalue weighted by Gasteiger charge is 2.19. The molecule has 1 aliphatic rings. The van der Waals surface area contributed by atoms with Gasteiger partial charge in [-0.3, -0.25) is 0 Å². The molecule has 0 radical (unpaired) electrons. The second-order valence-corrected chi connectivity index (χ2v) is 5.39. The summed E-state index contributed by atoms with van der Waals surface area (Å²) in [6.45, 7) is 3.94. The summed E-state index contributed by atoms with van der Waals surface area (Å²) in [5.41, 5.74) is 9.22. The molecule has 0 spiro atoms. The Labute approximate surface area is 119 Å². The second kappa shape index (κ2) is 5.59. The van der Waals surface area contributed by atoms with Gasteiger partial charge >= 0.3 is 0 Å². The van der Waals surface area contributed by atoms with Gasteiger partial charge in [-0.2, -0.15) is 0 Å². The Morgan fingerprint density at radius 1 is 1.15 bits per heavy atom. The van der Waals surface area contributed by atoms with Crippen molar-refractivity contribution in [3.8, 4) is 11.3 Å². The van der Waals surface area contributed by atoms with Crippen LogP contribution in [0.4, 0.5) is 5.95 Å². The van der Waals surface area contributed by atoms with E-state index < -0.39 is 0 Å². The Morgan fingerprint density at radius 2 is 1.85 bits per heavy atom. The molecular weight excluding hydrogens is 248 g/mol. The fraction of sp³-hybridized carbons (Fsp3) is 0.375. The summed E-state index contributed by atoms with van der Waals surface area (Å²) in [5, 5.41) is 0. The molecule has 1 saturated heterocycles. The van der Waals surface area contributed by atoms with Crippen molar-refractivity contribution < 1.29 is 0 Å². The van der Waals surface area contributed by atoms with Crippen LogP contribution in [0.15, 0.2) is 36.5 Å². The van der Waals surface area contributed by atoms with Crippen LogP contribution in [-0.4, -0.2) is 29.1 Å². The van der Waals surface area contributed by atoms with Gasteiger partial charge in [-0.25, -0.2) is 9.97 Å². The fourth-order valence-electron chi connectivity index (χ4n) is 2.57. The molecule has 1 aliphatic heterocycles. The Morgan fingerprint density at radius 3 is 2.55 bits per heavy atom. The minimum atomic E-state index is 0.324. The van der Waals surface area contributed by atoms with Crippen molar-refractivity contribution in [2.75, 3.05) is 18.0 Å². The van der Waals surface area contributed by atoms with Crippen LogP contribution in [0.5, 0.6) is 0 Å². The van der Waals surface area contributed by atoms with Crippen molar-refractivity contribution in [2.24, 2.45) is 5.73 Å². The average molecular weight is 268 g/mol. The first-order chi connectivity index (χ1) is 9.74. The van der Waals surface area contributed by atoms with Gasteiger partial charge in [-0.05, 0) is 25.3 Å². The Balaban J connectivity index is 1.91. The number of nitrogens with zero attached hydrogens (tertiary/aromatic N) is 3. The van der Waals surface area contributed by atoms with Gasteiger partial charge in [0, 0.05) is 30.9 Å². The molecule has 0 amide bonds. The molecule has 0 aliphatic carbocycles. The molecule has 2 aromatic rings. The summed E-state index contributed by atoms with van der Waals surface area (Å²) >= 11 is 0. The summed E-state index contributed by atoms with van der Waals surface area (Å²) < 4.78 is 0. The van der Waals surface area contributed by atoms with Gasteiger partial charge in [0.25, 0.3) is 0 Å². The largest absolute Gasteiger partial charge is 0.341 e. The third-order valence-electron chi connectivity index (χ3n) is 3.83. The second-order valence-electron chi connectivity index (χ2n) is 5.39. The third kappa shape index (κ3) is 2.65. The van der Waals surface area contributed by atoms with E-state index in [-0.39, 0.29) is 0 Å². The van der Waals surface area contributed by atoms with E-state index in [2.05, 4.69) is 28.9 Å². The molecule has 2 N–H and O–H groups in total. The molecule has 1 fully saturated rings. The lowest BCUT2D eigenvalue weighted by Gasteiger charge is -2.30. The zero-order valence-electron chi connectivity index (χ0n) is 11.8. The normalized spacial score (nSPS) is 16.4. The van der Waals surface area contributed by atoms with E-state index in [4.69, 9.17) is 10.7 Å². The lowest BCUT2D eigenvalue weighted by Crippen LogP contribution is -2.40. The molecule has 4 heteroatoms. The highest BCUT2D eigenvalue weighted by Crippen LogP contribution is 2.23. The molecule has 2 heterocycles. The first-order valence-electron chi connectivity index (χ1n) is 7.13. The predicted octanol–water partition coefficient (Wildman–Crippen LogP) is 2.38. The van der Waals surface area contributed by atoms with E-state index in [1.807, 2.05) is 24.4 Å². The van der Waals surface area contributed by atoms with Crippen LogP contribution in [0.3, 0.4) is 0 Å². The number of hydrogen-bond acceptors (Lipinski definition) is 4. The number of aromatic nitrogens is 2. The lowest BCUT2D eigenvalue weighted by molar-refractivity contribution is 0.495. The van der Waals surface area contributed by atoms with Gasteiger partial charge in [0.15, 0.2) is 0 Å². The predicted molar refractivity (Wildman–Crippen MR) is 81.6 cm³/mol. The highest BCUT2D eigenvalue weighted by atomic mass is 15.3. The number of benzene rings is 1. The molecule has 1 aromatic carbocycles. The Bertz CT molecular complexity index is 574. The van der Waals surface area contributed by atoms with Crippen molar-refractivity contribution >= 4 is 5.95 Å². The van der Waals surface area contributed by atoms with E-state index in [0.717, 1.165) is 48.7 Å². The van der Waals surface area contributed by atoms with Crippen LogP contribution in [0.25, 0.3) is 11.3 Å². The van der Waals surface area contributed by atoms with Crippen molar-refractivity contribution in [1.29, 1.82) is 0 Å². The number of hydrogen-bond donors (Lipinski definition) is 1. The van der Waals surface area contributed by atoms with E-state index in [0.29, 0.717) is 6.04 Å². The maximum atomic E-state index is 5.95. The fourth-order valence-corrected chi connectivity index (χ4v) is 2.57. The smallest absolute Gasteiger partial charge is 0.225 e. The molecule has 4 nitrogen and oxygen atoms in total. The van der Waals surface area contributed by atoms with Crippen molar-refractivity contribution in [3.05, 3.63) is 42.1 Å². The van der Waals surface area contributed by atoms with Crippen LogP contribution in [0.2, 0.25) is 0 Å². The van der Waals surface area contributed by atoms with Gasteiger partial charge in [-0.15, -0.1) is 0 Å². The number of nitrogens with two attached hydrogens (primary N) is 1. The SMILES string of the molecule is Cc1cnc(N2CCC(N)CC2)nc1-c1ccccc1. The monoisotopic (exact) mass is 268 g/mol. The van der Waals surface area contributed by atoms with Crippen LogP contribution in [-0.2, 0) is 0 Å². The average Bonchev–Trinajstić information content (AvgIpc) is 2.50. The molecule has 104 valence electrons. The van der Waals surface area contributed by atoms with E-state index in [9.17, 15) is 0 Å². The molecular formula is C16H20N4. The zero-order valence-corrected chi connectivity index (χ0v) is 11.8. The minimum Gasteiger partial charge on any atom is -0.341 e. The summed E-state index contributed by atoms with van der Waals surface area (Å²) in [4.78, 5) is 11.5. The molecule has 0 unspecified atom stereocenters. The van der Waals surface area contributed by atoms with Crippen LogP contribution in [0.1, 0.15) is 18.4 Å². The molecule has 20 heavy (non-hydrogen) atoms. The maximum Gasteiger partial charge on any atom is 0.225 e. The number of aryl methyl sites for hydroxylation is 1. The molecule has 0 bridgehead atoms. The van der Waals surface area contributed by atoms with Crippen LogP contribution in [0, 0.1) is 6.92 Å². The van der Waals surface area contributed by atoms with Gasteiger partial charge in [0.05, 0.1) is 5.69 Å². The van der Waals surface area contributed by atoms with Gasteiger partial charge in [-0.1, -0.05) is 30.3 Å². The molecule has 0 atom stereocenters. The van der Waals surface area contributed by atoms with E-state index >= 15 is 0 Å². The Hall–Kier alpha value is -1.94. The number of anilines is 1. The highest BCUT2D eigenvalue weighted by molar-refractivity contribution is 5.63. The lowest BCUT2D eigenvalue weighted by atomic mass is 10.1. The Kier molecular flexibility index (Phi) is 3.65. The third-order valence-corrected chi connectivity index (χ3v) is 3.83. The molecule has 1 aromatic heterocycles. The van der Waals surface area contributed by atoms with E-state index in [1.165, 1.54) is 0 Å². The minimum absolute atomic E-state index is 0.324. The quantitative estimate of drug-likeness (QED) is 0.908. The first-order valence-corrected chi connectivity index (χ1v) is 7.13. The molecule has 0 saturated carbocycles. The topological polar surface area (TPSA) is 55.0 Å². The summed E-state index contributed by atoms with van der Waals surface area (Å²) in [7, 11) is 0. The first kappa shape index (κ1) is 13.1. The van der Waals surface area contributed by atoms with E-state index in [1.54, 1.807) is 0 Å². The van der Waals surface area contributed by atoms with Crippen molar-refractivity contribution in [3.63, 3.8) is 0 Å². The van der Waals surface area contributed by atoms with Gasteiger partial charge in [0.2, 0.25) is 5.95 Å². The van der Waals surface area contributed by atoms with Crippen LogP contribution >= 0.6 is 0 Å². The standard InChI is InChI=1S/C16H20N4/c1-12-11-18-16(20-9-7-14(17)8-10-20)19-15(12)13-5-3-2-4-6-13/h2-6,11,14H,7-10,17H2,1H3. The van der Waals surface area contributed by atoms with Crippen LogP contribution < -0.4 is 10.6 Å². The van der Waals surface area contributed by atoms with Crippen molar-refractivity contribution in [2.45, 2.75) is 25.8 Å². The van der Waals surface area contributed by atoms with Crippen molar-refractivity contribution in [1.82, 2.24) is 9.97 Å². The van der Waals surface area contributed by atoms with Gasteiger partial charge in [0.1, 0.15) is 0 Å². The zero-order chi connectivity index (χ0) is 13.9. The van der Waals surface area contributed by atoms with Gasteiger partial charge < -0.3 is 10.6 Å². The molecule has 3 rings (SSSR count). The number of rotatable bonds is 2. The summed E-state index contributed by atoms with van der Waals surface area (Å²) in [5.74, 6) is 0.821. The maximum absolute atomic E-state index is 5.95. The number of piperidine rings is 1. The summed E-state index contributed by atoms with van der Waals surface area (Å²) in [6.07, 6.45) is 3.94. The summed E-state index contributed by atoms with van der Waals surface area (Å²) in [6, 6.07) is 10.6.